The molecule has 2 amide bonds. The molecule has 0 bridgehead atoms. The van der Waals surface area contributed by atoms with Gasteiger partial charge in [-0.15, -0.1) is 0 Å². The highest BCUT2D eigenvalue weighted by molar-refractivity contribution is 9.10. The minimum absolute atomic E-state index is 0.209. The Balaban J connectivity index is 1.75. The maximum atomic E-state index is 12.8. The molecule has 1 saturated heterocycles. The second-order valence-electron chi connectivity index (χ2n) is 7.52. The summed E-state index contributed by atoms with van der Waals surface area (Å²) in [4.78, 5) is 38.2. The van der Waals surface area contributed by atoms with Crippen molar-refractivity contribution in [3.05, 3.63) is 61.9 Å². The van der Waals surface area contributed by atoms with Crippen molar-refractivity contribution < 1.29 is 28.6 Å². The quantitative estimate of drug-likeness (QED) is 0.171. The fraction of sp³-hybridized carbons (Fsp3) is 0.320. The molecule has 0 unspecified atom stereocenters. The zero-order chi connectivity index (χ0) is 25.4. The molecule has 1 heterocycles. The first-order chi connectivity index (χ1) is 16.8. The minimum Gasteiger partial charge on any atom is -0.490 e. The fourth-order valence-corrected chi connectivity index (χ4v) is 4.64. The van der Waals surface area contributed by atoms with Gasteiger partial charge in [0, 0.05) is 5.02 Å². The summed E-state index contributed by atoms with van der Waals surface area (Å²) in [6.45, 7) is 4.41. The van der Waals surface area contributed by atoms with Gasteiger partial charge in [0.15, 0.2) is 11.5 Å². The normalized spacial score (nSPS) is 14.5. The average molecular weight is 583 g/mol. The average Bonchev–Trinajstić information content (AvgIpc) is 3.07. The van der Waals surface area contributed by atoms with E-state index in [-0.39, 0.29) is 11.5 Å². The first kappa shape index (κ1) is 27.1. The first-order valence-corrected chi connectivity index (χ1v) is 13.1. The molecule has 1 fully saturated rings. The summed E-state index contributed by atoms with van der Waals surface area (Å²) in [5.74, 6) is -0.141. The predicted octanol–water partition coefficient (Wildman–Crippen LogP) is 6.46. The zero-order valence-electron chi connectivity index (χ0n) is 19.3. The van der Waals surface area contributed by atoms with Gasteiger partial charge >= 0.3 is 5.97 Å². The molecular weight excluding hydrogens is 558 g/mol. The number of rotatable bonds is 11. The largest absolute Gasteiger partial charge is 0.490 e. The summed E-state index contributed by atoms with van der Waals surface area (Å²) in [7, 11) is 0. The van der Waals surface area contributed by atoms with Crippen LogP contribution in [0.4, 0.5) is 4.79 Å². The van der Waals surface area contributed by atoms with Crippen molar-refractivity contribution in [1.29, 1.82) is 0 Å². The van der Waals surface area contributed by atoms with E-state index in [0.717, 1.165) is 35.1 Å². The van der Waals surface area contributed by atoms with Crippen molar-refractivity contribution in [3.8, 4) is 11.5 Å². The number of ether oxygens (including phenoxy) is 3. The van der Waals surface area contributed by atoms with Crippen molar-refractivity contribution in [2.45, 2.75) is 33.3 Å². The maximum absolute atomic E-state index is 12.8. The molecule has 2 aromatic carbocycles. The van der Waals surface area contributed by atoms with Crippen LogP contribution in [0, 0.1) is 0 Å². The second kappa shape index (κ2) is 13.0. The third-order valence-corrected chi connectivity index (χ3v) is 6.60. The monoisotopic (exact) mass is 581 g/mol. The van der Waals surface area contributed by atoms with Gasteiger partial charge in [-0.05, 0) is 82.5 Å². The lowest BCUT2D eigenvalue weighted by Crippen LogP contribution is -2.34. The summed E-state index contributed by atoms with van der Waals surface area (Å²) in [6.07, 6.45) is 3.19. The number of hydrogen-bond acceptors (Lipinski definition) is 7. The molecule has 1 aliphatic rings. The number of thioether (sulfide) groups is 1. The Morgan fingerprint density at radius 1 is 1.14 bits per heavy atom. The van der Waals surface area contributed by atoms with E-state index < -0.39 is 23.7 Å². The number of nitrogens with zero attached hydrogens (tertiary/aromatic N) is 1. The number of amides is 2. The highest BCUT2D eigenvalue weighted by atomic mass is 79.9. The van der Waals surface area contributed by atoms with Gasteiger partial charge in [0.05, 0.1) is 22.6 Å². The Bertz CT molecular complexity index is 1120. The topological polar surface area (TPSA) is 82.1 Å². The smallest absolute Gasteiger partial charge is 0.326 e. The van der Waals surface area contributed by atoms with E-state index in [4.69, 9.17) is 25.8 Å². The fourth-order valence-electron chi connectivity index (χ4n) is 3.10. The van der Waals surface area contributed by atoms with Crippen molar-refractivity contribution >= 4 is 62.5 Å². The molecule has 0 aliphatic carbocycles. The number of esters is 1. The van der Waals surface area contributed by atoms with Crippen LogP contribution in [0.2, 0.25) is 5.02 Å². The number of imide groups is 1. The maximum Gasteiger partial charge on any atom is 0.326 e. The van der Waals surface area contributed by atoms with E-state index in [2.05, 4.69) is 15.9 Å². The summed E-state index contributed by atoms with van der Waals surface area (Å²) in [6, 6.07) is 10.8. The van der Waals surface area contributed by atoms with Crippen LogP contribution in [-0.4, -0.2) is 41.8 Å². The van der Waals surface area contributed by atoms with E-state index in [1.165, 1.54) is 0 Å². The Morgan fingerprint density at radius 2 is 1.89 bits per heavy atom. The van der Waals surface area contributed by atoms with E-state index >= 15 is 0 Å². The molecule has 0 saturated carbocycles. The number of carbonyl (C=O) groups excluding carboxylic acids is 3. The molecule has 0 spiro atoms. The molecule has 7 nitrogen and oxygen atoms in total. The van der Waals surface area contributed by atoms with Gasteiger partial charge in [0.2, 0.25) is 0 Å². The molecule has 2 aromatic rings. The van der Waals surface area contributed by atoms with Crippen LogP contribution in [0.1, 0.15) is 37.8 Å². The van der Waals surface area contributed by atoms with Gasteiger partial charge in [-0.1, -0.05) is 37.1 Å². The summed E-state index contributed by atoms with van der Waals surface area (Å²) < 4.78 is 17.4. The van der Waals surface area contributed by atoms with E-state index in [1.54, 1.807) is 30.3 Å². The summed E-state index contributed by atoms with van der Waals surface area (Å²) in [5, 5.41) is 0.132. The number of benzene rings is 2. The number of unbranched alkanes of at least 4 members (excludes halogenated alkanes) is 1. The highest BCUT2D eigenvalue weighted by Crippen LogP contribution is 2.39. The van der Waals surface area contributed by atoms with E-state index in [0.29, 0.717) is 39.8 Å². The predicted molar refractivity (Wildman–Crippen MR) is 140 cm³/mol. The van der Waals surface area contributed by atoms with Gasteiger partial charge in [-0.3, -0.25) is 19.3 Å². The third kappa shape index (κ3) is 7.49. The van der Waals surface area contributed by atoms with Gasteiger partial charge in [-0.25, -0.2) is 0 Å². The Morgan fingerprint density at radius 3 is 2.57 bits per heavy atom. The zero-order valence-corrected chi connectivity index (χ0v) is 22.5. The third-order valence-electron chi connectivity index (χ3n) is 4.85. The van der Waals surface area contributed by atoms with Crippen LogP contribution in [0.3, 0.4) is 0 Å². The van der Waals surface area contributed by atoms with Gasteiger partial charge in [-0.2, -0.15) is 0 Å². The van der Waals surface area contributed by atoms with Crippen molar-refractivity contribution in [2.24, 2.45) is 0 Å². The van der Waals surface area contributed by atoms with Crippen molar-refractivity contribution in [1.82, 2.24) is 4.90 Å². The van der Waals surface area contributed by atoms with Crippen LogP contribution < -0.4 is 9.47 Å². The lowest BCUT2D eigenvalue weighted by atomic mass is 10.1. The van der Waals surface area contributed by atoms with Gasteiger partial charge < -0.3 is 14.2 Å². The lowest BCUT2D eigenvalue weighted by Gasteiger charge is -2.15. The molecule has 186 valence electrons. The number of hydrogen-bond donors (Lipinski definition) is 0. The first-order valence-electron chi connectivity index (χ1n) is 11.1. The van der Waals surface area contributed by atoms with Crippen LogP contribution in [0.25, 0.3) is 6.08 Å². The van der Waals surface area contributed by atoms with Crippen LogP contribution in [-0.2, 0) is 20.9 Å². The van der Waals surface area contributed by atoms with E-state index in [1.807, 2.05) is 26.0 Å². The standard InChI is InChI=1S/C25H25BrClNO6S/c1-3-5-10-33-22(29)14-28-24(30)21(35-25(28)31)13-17-11-19(26)23(20(12-17)32-4-2)34-15-16-6-8-18(27)9-7-16/h6-9,11-13H,3-5,10,14-15H2,1-2H3/b21-13+. The lowest BCUT2D eigenvalue weighted by molar-refractivity contribution is -0.146. The number of halogens is 2. The number of carbonyl (C=O) groups is 3. The van der Waals surface area contributed by atoms with Crippen LogP contribution in [0.5, 0.6) is 11.5 Å². The molecule has 0 N–H and O–H groups in total. The van der Waals surface area contributed by atoms with Gasteiger partial charge in [0.1, 0.15) is 13.2 Å². The van der Waals surface area contributed by atoms with E-state index in [9.17, 15) is 14.4 Å². The van der Waals surface area contributed by atoms with Crippen LogP contribution in [0.15, 0.2) is 45.8 Å². The molecule has 0 atom stereocenters. The Kier molecular flexibility index (Phi) is 10.1. The highest BCUT2D eigenvalue weighted by Gasteiger charge is 2.36. The molecule has 3 rings (SSSR count). The summed E-state index contributed by atoms with van der Waals surface area (Å²) in [5.41, 5.74) is 1.57. The minimum atomic E-state index is -0.606. The summed E-state index contributed by atoms with van der Waals surface area (Å²) >= 11 is 10.2. The molecule has 1 aliphatic heterocycles. The molecule has 0 radical (unpaired) electrons. The molecular formula is C25H25BrClNO6S. The van der Waals surface area contributed by atoms with Crippen molar-refractivity contribution in [2.75, 3.05) is 19.8 Å². The Hall–Kier alpha value is -2.49. The molecule has 10 heteroatoms. The molecule has 0 aromatic heterocycles. The SMILES string of the molecule is CCCCOC(=O)CN1C(=O)S/C(=C/c2cc(Br)c(OCc3ccc(Cl)cc3)c(OCC)c2)C1=O. The van der Waals surface area contributed by atoms with Gasteiger partial charge in [0.25, 0.3) is 11.1 Å². The van der Waals surface area contributed by atoms with Crippen LogP contribution >= 0.6 is 39.3 Å². The molecule has 35 heavy (non-hydrogen) atoms. The van der Waals surface area contributed by atoms with Crippen molar-refractivity contribution in [3.63, 3.8) is 0 Å². The Labute approximate surface area is 221 Å². The second-order valence-corrected chi connectivity index (χ2v) is 9.80.